The number of alkyl carbamates (subject to hydrolysis) is 1. The number of nitrogens with zero attached hydrogens (tertiary/aromatic N) is 6. The molecule has 15 heteroatoms. The van der Waals surface area contributed by atoms with Crippen molar-refractivity contribution < 1.29 is 28.7 Å². The Kier molecular flexibility index (Phi) is 9.95. The molecule has 1 saturated heterocycles. The number of anilines is 2. The monoisotopic (exact) mass is 595 g/mol. The van der Waals surface area contributed by atoms with Crippen molar-refractivity contribution in [2.24, 2.45) is 0 Å². The van der Waals surface area contributed by atoms with E-state index in [4.69, 9.17) is 9.47 Å². The van der Waals surface area contributed by atoms with Crippen molar-refractivity contribution in [1.82, 2.24) is 34.6 Å². The third kappa shape index (κ3) is 9.02. The number of ether oxygens (including phenoxy) is 2. The number of benzene rings is 1. The molecule has 230 valence electrons. The lowest BCUT2D eigenvalue weighted by Gasteiger charge is -2.32. The highest BCUT2D eigenvalue weighted by Crippen LogP contribution is 2.22. The first-order valence-electron chi connectivity index (χ1n) is 13.9. The first-order valence-corrected chi connectivity index (χ1v) is 13.9. The van der Waals surface area contributed by atoms with Gasteiger partial charge >= 0.3 is 12.2 Å². The van der Waals surface area contributed by atoms with Crippen molar-refractivity contribution in [3.8, 4) is 0 Å². The minimum atomic E-state index is -0.738. The third-order valence-corrected chi connectivity index (χ3v) is 6.32. The third-order valence-electron chi connectivity index (χ3n) is 6.32. The van der Waals surface area contributed by atoms with Crippen molar-refractivity contribution in [3.05, 3.63) is 42.2 Å². The van der Waals surface area contributed by atoms with E-state index in [-0.39, 0.29) is 48.8 Å². The molecule has 2 aromatic heterocycles. The molecule has 1 aliphatic rings. The van der Waals surface area contributed by atoms with Gasteiger partial charge < -0.3 is 34.5 Å². The number of imidazole rings is 1. The highest BCUT2D eigenvalue weighted by Gasteiger charge is 2.26. The first kappa shape index (κ1) is 31.0. The summed E-state index contributed by atoms with van der Waals surface area (Å²) in [7, 11) is 1.70. The fraction of sp³-hybridized carbons (Fsp3) is 0.464. The van der Waals surface area contributed by atoms with Crippen LogP contribution in [0.1, 0.15) is 32.8 Å². The highest BCUT2D eigenvalue weighted by molar-refractivity contribution is 5.94. The molecule has 1 fully saturated rings. The van der Waals surface area contributed by atoms with Crippen molar-refractivity contribution >= 4 is 46.9 Å². The van der Waals surface area contributed by atoms with Crippen molar-refractivity contribution in [3.63, 3.8) is 0 Å². The number of fused-ring (bicyclic) bond motifs is 1. The van der Waals surface area contributed by atoms with E-state index < -0.39 is 17.8 Å². The van der Waals surface area contributed by atoms with Gasteiger partial charge in [-0.25, -0.2) is 14.6 Å². The second-order valence-electron chi connectivity index (χ2n) is 11.0. The van der Waals surface area contributed by atoms with Gasteiger partial charge in [0.05, 0.1) is 12.9 Å². The molecule has 0 unspecified atom stereocenters. The van der Waals surface area contributed by atoms with E-state index in [0.717, 1.165) is 5.56 Å². The Bertz CT molecular complexity index is 1450. The van der Waals surface area contributed by atoms with Gasteiger partial charge in [0.25, 0.3) is 0 Å². The zero-order valence-electron chi connectivity index (χ0n) is 24.8. The minimum absolute atomic E-state index is 0.00114. The Labute approximate surface area is 248 Å². The summed E-state index contributed by atoms with van der Waals surface area (Å²) in [6, 6.07) is 9.23. The van der Waals surface area contributed by atoms with E-state index >= 15 is 0 Å². The first-order chi connectivity index (χ1) is 20.5. The quantitative estimate of drug-likeness (QED) is 0.295. The van der Waals surface area contributed by atoms with Crippen LogP contribution >= 0.6 is 0 Å². The predicted molar refractivity (Wildman–Crippen MR) is 157 cm³/mol. The molecular formula is C28H37N9O6. The Morgan fingerprint density at radius 1 is 1.02 bits per heavy atom. The van der Waals surface area contributed by atoms with E-state index in [1.807, 2.05) is 30.3 Å². The van der Waals surface area contributed by atoms with Gasteiger partial charge in [-0.3, -0.25) is 14.9 Å². The van der Waals surface area contributed by atoms with E-state index in [1.54, 1.807) is 32.7 Å². The predicted octanol–water partition coefficient (Wildman–Crippen LogP) is 2.20. The molecule has 0 saturated carbocycles. The van der Waals surface area contributed by atoms with E-state index in [1.165, 1.54) is 15.8 Å². The Hall–Kier alpha value is -4.95. The molecule has 3 N–H and O–H groups in total. The van der Waals surface area contributed by atoms with Gasteiger partial charge in [-0.15, -0.1) is 0 Å². The summed E-state index contributed by atoms with van der Waals surface area (Å²) in [5, 5.41) is 8.39. The Balaban J connectivity index is 1.46. The number of nitrogens with one attached hydrogen (secondary N) is 3. The number of carbonyl (C=O) groups is 4. The topological polar surface area (TPSA) is 173 Å². The normalized spacial score (nSPS) is 13.5. The number of likely N-dealkylation sites (N-methyl/N-ethyl adjacent to an activating group) is 1. The van der Waals surface area contributed by atoms with E-state index in [9.17, 15) is 19.2 Å². The zero-order valence-corrected chi connectivity index (χ0v) is 24.8. The average Bonchev–Trinajstić information content (AvgIpc) is 3.35. The number of aromatic nitrogens is 4. The molecule has 0 atom stereocenters. The van der Waals surface area contributed by atoms with Crippen LogP contribution in [0.4, 0.5) is 21.4 Å². The average molecular weight is 596 g/mol. The van der Waals surface area contributed by atoms with Gasteiger partial charge in [0.1, 0.15) is 18.8 Å². The van der Waals surface area contributed by atoms with E-state index in [2.05, 4.69) is 30.9 Å². The van der Waals surface area contributed by atoms with Gasteiger partial charge in [0.15, 0.2) is 17.0 Å². The van der Waals surface area contributed by atoms with Crippen molar-refractivity contribution in [1.29, 1.82) is 0 Å². The van der Waals surface area contributed by atoms with Crippen LogP contribution in [0.15, 0.2) is 36.7 Å². The number of carbonyl (C=O) groups excluding carboxylic acids is 4. The number of amides is 4. The standard InChI is InChI=1S/C28H37N9O6/c1-28(2,3)43-26(40)30-12-8-11-29-25-32-23(33-27(41)42-17-19-9-6-5-7-10-19)22-24(34-25)37(18-31-22)16-21(39)36-14-13-35(4)20(38)15-36/h5-7,9-10,18H,8,11-17H2,1-4H3,(H,30,40)(H2,29,32,33,34,41). The zero-order chi connectivity index (χ0) is 31.0. The maximum absolute atomic E-state index is 13.0. The molecule has 1 aromatic carbocycles. The molecule has 3 heterocycles. The lowest BCUT2D eigenvalue weighted by molar-refractivity contribution is -0.144. The molecular weight excluding hydrogens is 558 g/mol. The number of piperazine rings is 1. The summed E-state index contributed by atoms with van der Waals surface area (Å²) in [6.45, 7) is 6.91. The smallest absolute Gasteiger partial charge is 0.413 e. The molecule has 3 aromatic rings. The van der Waals surface area contributed by atoms with Gasteiger partial charge in [-0.1, -0.05) is 30.3 Å². The van der Waals surface area contributed by atoms with Gasteiger partial charge in [-0.05, 0) is 32.8 Å². The minimum Gasteiger partial charge on any atom is -0.444 e. The maximum Gasteiger partial charge on any atom is 0.413 e. The molecule has 0 spiro atoms. The van der Waals surface area contributed by atoms with Gasteiger partial charge in [0.2, 0.25) is 17.8 Å². The number of rotatable bonds is 10. The van der Waals surface area contributed by atoms with E-state index in [0.29, 0.717) is 38.2 Å². The summed E-state index contributed by atoms with van der Waals surface area (Å²) in [4.78, 5) is 66.0. The molecule has 1 aliphatic heterocycles. The van der Waals surface area contributed by atoms with Crippen molar-refractivity contribution in [2.75, 3.05) is 50.4 Å². The lowest BCUT2D eigenvalue weighted by atomic mass is 10.2. The fourth-order valence-electron chi connectivity index (χ4n) is 4.09. The van der Waals surface area contributed by atoms with Crippen LogP contribution in [0.25, 0.3) is 11.2 Å². The molecule has 4 rings (SSSR count). The van der Waals surface area contributed by atoms with Crippen LogP contribution in [0.2, 0.25) is 0 Å². The Morgan fingerprint density at radius 2 is 1.79 bits per heavy atom. The summed E-state index contributed by atoms with van der Waals surface area (Å²) in [6.07, 6.45) is 0.709. The van der Waals surface area contributed by atoms with Crippen LogP contribution in [0.3, 0.4) is 0 Å². The molecule has 15 nitrogen and oxygen atoms in total. The van der Waals surface area contributed by atoms with Crippen LogP contribution in [-0.4, -0.2) is 98.7 Å². The molecule has 4 amide bonds. The van der Waals surface area contributed by atoms with Crippen LogP contribution in [0, 0.1) is 0 Å². The summed E-state index contributed by atoms with van der Waals surface area (Å²) in [5.74, 6) is -0.130. The summed E-state index contributed by atoms with van der Waals surface area (Å²) in [5.41, 5.74) is 0.784. The second-order valence-corrected chi connectivity index (χ2v) is 11.0. The van der Waals surface area contributed by atoms with Crippen LogP contribution in [0.5, 0.6) is 0 Å². The molecule has 0 radical (unpaired) electrons. The largest absolute Gasteiger partial charge is 0.444 e. The lowest BCUT2D eigenvalue weighted by Crippen LogP contribution is -2.51. The van der Waals surface area contributed by atoms with Crippen LogP contribution < -0.4 is 16.0 Å². The van der Waals surface area contributed by atoms with Gasteiger partial charge in [0, 0.05) is 33.2 Å². The number of hydrogen-bond donors (Lipinski definition) is 3. The maximum atomic E-state index is 13.0. The number of hydrogen-bond acceptors (Lipinski definition) is 10. The highest BCUT2D eigenvalue weighted by atomic mass is 16.6. The van der Waals surface area contributed by atoms with Crippen molar-refractivity contribution in [2.45, 2.75) is 45.9 Å². The fourth-order valence-corrected chi connectivity index (χ4v) is 4.09. The summed E-state index contributed by atoms with van der Waals surface area (Å²) >= 11 is 0. The van der Waals surface area contributed by atoms with Gasteiger partial charge in [-0.2, -0.15) is 9.97 Å². The van der Waals surface area contributed by atoms with Crippen LogP contribution in [-0.2, 0) is 32.2 Å². The Morgan fingerprint density at radius 3 is 2.51 bits per heavy atom. The molecule has 0 bridgehead atoms. The SMILES string of the molecule is CN1CCN(C(=O)Cn2cnc3c(NC(=O)OCc4ccccc4)nc(NCCCNC(=O)OC(C)(C)C)nc32)CC1=O. The molecule has 43 heavy (non-hydrogen) atoms. The molecule has 0 aliphatic carbocycles. The second kappa shape index (κ2) is 13.8. The summed E-state index contributed by atoms with van der Waals surface area (Å²) < 4.78 is 12.1.